The van der Waals surface area contributed by atoms with Gasteiger partial charge < -0.3 is 5.32 Å². The third-order valence-electron chi connectivity index (χ3n) is 2.59. The Morgan fingerprint density at radius 2 is 1.80 bits per heavy atom. The first-order valence-corrected chi connectivity index (χ1v) is 5.17. The fraction of sp³-hybridized carbons (Fsp3) is 0.500. The van der Waals surface area contributed by atoms with E-state index in [1.54, 1.807) is 12.1 Å². The maximum Gasteiger partial charge on any atom is 0.263 e. The number of halogens is 2. The zero-order valence-electron chi connectivity index (χ0n) is 9.13. The van der Waals surface area contributed by atoms with Crippen molar-refractivity contribution in [2.24, 2.45) is 0 Å². The first kappa shape index (κ1) is 12.1. The third-order valence-corrected chi connectivity index (χ3v) is 2.59. The average Bonchev–Trinajstić information content (AvgIpc) is 2.26. The Hall–Kier alpha value is -0.960. The van der Waals surface area contributed by atoms with E-state index in [9.17, 15) is 8.78 Å². The van der Waals surface area contributed by atoms with Crippen LogP contribution in [0.15, 0.2) is 24.3 Å². The van der Waals surface area contributed by atoms with Crippen LogP contribution in [0.3, 0.4) is 0 Å². The summed E-state index contributed by atoms with van der Waals surface area (Å²) >= 11 is 0. The second kappa shape index (κ2) is 5.81. The molecule has 84 valence electrons. The molecule has 3 heteroatoms. The molecule has 0 aliphatic carbocycles. The highest BCUT2D eigenvalue weighted by atomic mass is 19.3. The number of hydrogen-bond donors (Lipinski definition) is 1. The van der Waals surface area contributed by atoms with Crippen molar-refractivity contribution in [3.05, 3.63) is 35.4 Å². The van der Waals surface area contributed by atoms with Crippen LogP contribution in [0.25, 0.3) is 0 Å². The molecule has 1 aromatic rings. The van der Waals surface area contributed by atoms with Gasteiger partial charge in [0.15, 0.2) is 0 Å². The lowest BCUT2D eigenvalue weighted by Crippen LogP contribution is -2.21. The van der Waals surface area contributed by atoms with E-state index in [2.05, 4.69) is 12.2 Å². The van der Waals surface area contributed by atoms with Gasteiger partial charge in [-0.15, -0.1) is 0 Å². The van der Waals surface area contributed by atoms with Gasteiger partial charge in [-0.1, -0.05) is 24.3 Å². The molecule has 0 saturated carbocycles. The fourth-order valence-electron chi connectivity index (χ4n) is 1.36. The summed E-state index contributed by atoms with van der Waals surface area (Å²) in [5.41, 5.74) is 1.21. The van der Waals surface area contributed by atoms with Gasteiger partial charge in [0.05, 0.1) is 0 Å². The smallest absolute Gasteiger partial charge is 0.263 e. The normalized spacial score (nSPS) is 13.1. The Balaban J connectivity index is 2.50. The van der Waals surface area contributed by atoms with Crippen molar-refractivity contribution in [2.45, 2.75) is 32.2 Å². The van der Waals surface area contributed by atoms with E-state index < -0.39 is 6.43 Å². The van der Waals surface area contributed by atoms with Crippen LogP contribution in [0, 0.1) is 0 Å². The summed E-state index contributed by atoms with van der Waals surface area (Å²) in [6.07, 6.45) is -0.425. The molecule has 1 unspecified atom stereocenters. The predicted molar refractivity (Wildman–Crippen MR) is 58.2 cm³/mol. The van der Waals surface area contributed by atoms with Crippen LogP contribution < -0.4 is 5.32 Å². The van der Waals surface area contributed by atoms with Crippen LogP contribution >= 0.6 is 0 Å². The van der Waals surface area contributed by atoms with Crippen molar-refractivity contribution < 1.29 is 8.78 Å². The van der Waals surface area contributed by atoms with E-state index in [0.717, 1.165) is 18.4 Å². The van der Waals surface area contributed by atoms with E-state index in [-0.39, 0.29) is 5.56 Å². The number of benzene rings is 1. The molecular formula is C12H17F2N. The summed E-state index contributed by atoms with van der Waals surface area (Å²) in [5, 5.41) is 3.14. The minimum Gasteiger partial charge on any atom is -0.317 e. The Bertz CT molecular complexity index is 282. The van der Waals surface area contributed by atoms with Crippen molar-refractivity contribution in [3.63, 3.8) is 0 Å². The second-order valence-electron chi connectivity index (χ2n) is 3.77. The summed E-state index contributed by atoms with van der Waals surface area (Å²) in [4.78, 5) is 0. The highest BCUT2D eigenvalue weighted by Gasteiger charge is 2.06. The largest absolute Gasteiger partial charge is 0.317 e. The maximum atomic E-state index is 12.3. The quantitative estimate of drug-likeness (QED) is 0.792. The predicted octanol–water partition coefficient (Wildman–Crippen LogP) is 3.16. The summed E-state index contributed by atoms with van der Waals surface area (Å²) in [7, 11) is 1.92. The average molecular weight is 213 g/mol. The Morgan fingerprint density at radius 1 is 1.20 bits per heavy atom. The van der Waals surface area contributed by atoms with Crippen LogP contribution in [0.1, 0.15) is 30.9 Å². The topological polar surface area (TPSA) is 12.0 Å². The van der Waals surface area contributed by atoms with E-state index in [1.165, 1.54) is 12.1 Å². The van der Waals surface area contributed by atoms with E-state index >= 15 is 0 Å². The molecule has 0 aromatic heterocycles. The van der Waals surface area contributed by atoms with Gasteiger partial charge in [-0.05, 0) is 32.4 Å². The number of nitrogens with one attached hydrogen (secondary N) is 1. The van der Waals surface area contributed by atoms with Gasteiger partial charge in [0.25, 0.3) is 6.43 Å². The molecule has 0 fully saturated rings. The number of aryl methyl sites for hydroxylation is 1. The van der Waals surface area contributed by atoms with Crippen LogP contribution in [-0.2, 0) is 6.42 Å². The number of hydrogen-bond acceptors (Lipinski definition) is 1. The van der Waals surface area contributed by atoms with Crippen molar-refractivity contribution in [1.82, 2.24) is 5.32 Å². The van der Waals surface area contributed by atoms with Gasteiger partial charge in [0.1, 0.15) is 0 Å². The standard InChI is InChI=1S/C12H17F2N/c1-9(15-2)3-4-10-5-7-11(8-6-10)12(13)14/h5-9,12,15H,3-4H2,1-2H3. The van der Waals surface area contributed by atoms with Gasteiger partial charge in [-0.3, -0.25) is 0 Å². The van der Waals surface area contributed by atoms with E-state index in [0.29, 0.717) is 6.04 Å². The van der Waals surface area contributed by atoms with Crippen molar-refractivity contribution in [2.75, 3.05) is 7.05 Å². The summed E-state index contributed by atoms with van der Waals surface area (Å²) < 4.78 is 24.5. The minimum atomic E-state index is -2.37. The van der Waals surface area contributed by atoms with E-state index in [4.69, 9.17) is 0 Å². The first-order chi connectivity index (χ1) is 7.13. The Morgan fingerprint density at radius 3 is 2.27 bits per heavy atom. The van der Waals surface area contributed by atoms with Crippen LogP contribution in [-0.4, -0.2) is 13.1 Å². The third kappa shape index (κ3) is 3.96. The molecule has 0 aliphatic heterocycles. The van der Waals surface area contributed by atoms with Gasteiger partial charge in [0.2, 0.25) is 0 Å². The summed E-state index contributed by atoms with van der Waals surface area (Å²) in [6, 6.07) is 7.03. The molecule has 1 N–H and O–H groups in total. The lowest BCUT2D eigenvalue weighted by Gasteiger charge is -2.09. The molecule has 1 atom stereocenters. The molecule has 1 nitrogen and oxygen atoms in total. The van der Waals surface area contributed by atoms with Crippen molar-refractivity contribution in [1.29, 1.82) is 0 Å². The lowest BCUT2D eigenvalue weighted by molar-refractivity contribution is 0.151. The zero-order chi connectivity index (χ0) is 11.3. The molecule has 0 saturated heterocycles. The molecule has 0 aliphatic rings. The zero-order valence-corrected chi connectivity index (χ0v) is 9.13. The lowest BCUT2D eigenvalue weighted by atomic mass is 10.0. The molecule has 15 heavy (non-hydrogen) atoms. The van der Waals surface area contributed by atoms with Crippen LogP contribution in [0.5, 0.6) is 0 Å². The highest BCUT2D eigenvalue weighted by molar-refractivity contribution is 5.23. The molecule has 0 bridgehead atoms. The van der Waals surface area contributed by atoms with Crippen LogP contribution in [0.2, 0.25) is 0 Å². The van der Waals surface area contributed by atoms with E-state index in [1.807, 2.05) is 7.05 Å². The summed E-state index contributed by atoms with van der Waals surface area (Å²) in [5.74, 6) is 0. The minimum absolute atomic E-state index is 0.0976. The summed E-state index contributed by atoms with van der Waals surface area (Å²) in [6.45, 7) is 2.10. The Kier molecular flexibility index (Phi) is 4.69. The fourth-order valence-corrected chi connectivity index (χ4v) is 1.36. The molecule has 0 spiro atoms. The number of alkyl halides is 2. The number of rotatable bonds is 5. The SMILES string of the molecule is CNC(C)CCc1ccc(C(F)F)cc1. The molecule has 0 amide bonds. The molecular weight excluding hydrogens is 196 g/mol. The molecule has 1 rings (SSSR count). The van der Waals surface area contributed by atoms with Gasteiger partial charge in [-0.25, -0.2) is 8.78 Å². The molecule has 1 aromatic carbocycles. The van der Waals surface area contributed by atoms with Crippen molar-refractivity contribution in [3.8, 4) is 0 Å². The monoisotopic (exact) mass is 213 g/mol. The Labute approximate surface area is 89.5 Å². The van der Waals surface area contributed by atoms with Crippen molar-refractivity contribution >= 4 is 0 Å². The van der Waals surface area contributed by atoms with Gasteiger partial charge >= 0.3 is 0 Å². The van der Waals surface area contributed by atoms with Gasteiger partial charge in [0, 0.05) is 11.6 Å². The maximum absolute atomic E-state index is 12.3. The van der Waals surface area contributed by atoms with Crippen LogP contribution in [0.4, 0.5) is 8.78 Å². The first-order valence-electron chi connectivity index (χ1n) is 5.17. The highest BCUT2D eigenvalue weighted by Crippen LogP contribution is 2.19. The second-order valence-corrected chi connectivity index (χ2v) is 3.77. The molecule has 0 heterocycles. The molecule has 0 radical (unpaired) electrons. The van der Waals surface area contributed by atoms with Gasteiger partial charge in [-0.2, -0.15) is 0 Å².